The molecule has 0 heterocycles. The summed E-state index contributed by atoms with van der Waals surface area (Å²) < 4.78 is 16.3. The van der Waals surface area contributed by atoms with E-state index in [0.29, 0.717) is 17.8 Å². The molecule has 5 aliphatic carbocycles. The fraction of sp³-hybridized carbons (Fsp3) is 0.625. The van der Waals surface area contributed by atoms with Gasteiger partial charge in [0, 0.05) is 23.3 Å². The fourth-order valence-corrected chi connectivity index (χ4v) is 6.57. The number of carbonyl (C=O) groups excluding carboxylic acids is 3. The second-order valence-corrected chi connectivity index (χ2v) is 15.4. The van der Waals surface area contributed by atoms with E-state index in [1.165, 1.54) is 14.2 Å². The number of carbonyl (C=O) groups is 3. The van der Waals surface area contributed by atoms with Gasteiger partial charge in [-0.2, -0.15) is 0 Å². The number of fused-ring (bicyclic) bond motifs is 1. The Bertz CT molecular complexity index is 934. The lowest BCUT2D eigenvalue weighted by atomic mass is 9.43. The van der Waals surface area contributed by atoms with Gasteiger partial charge in [0.2, 0.25) is 0 Å². The molecular weight excluding hydrogens is 412 g/mol. The number of Topliss-reactive ketones (excluding diaryl/α,β-unsaturated/α-hetero) is 1. The highest BCUT2D eigenvalue weighted by atomic mass is 28.4. The number of allylic oxidation sites excluding steroid dienone is 3. The molecule has 2 bridgehead atoms. The third-order valence-electron chi connectivity index (χ3n) is 8.25. The largest absolute Gasteiger partial charge is 0.466 e. The molecule has 168 valence electrons. The molecule has 5 aliphatic rings. The Hall–Kier alpha value is -1.99. The number of ether oxygens (including phenoxy) is 2. The van der Waals surface area contributed by atoms with Crippen LogP contribution in [0.5, 0.6) is 0 Å². The van der Waals surface area contributed by atoms with Crippen LogP contribution < -0.4 is 0 Å². The first-order chi connectivity index (χ1) is 14.4. The zero-order chi connectivity index (χ0) is 22.9. The molecule has 6 atom stereocenters. The maximum Gasteiger partial charge on any atom is 0.334 e. The zero-order valence-electron chi connectivity index (χ0n) is 19.4. The van der Waals surface area contributed by atoms with Gasteiger partial charge in [-0.05, 0) is 35.9 Å². The van der Waals surface area contributed by atoms with Gasteiger partial charge in [-0.3, -0.25) is 4.79 Å². The second-order valence-electron chi connectivity index (χ2n) is 10.6. The molecule has 0 radical (unpaired) electrons. The van der Waals surface area contributed by atoms with Gasteiger partial charge in [0.1, 0.15) is 0 Å². The van der Waals surface area contributed by atoms with Crippen molar-refractivity contribution < 1.29 is 28.3 Å². The molecule has 0 N–H and O–H groups in total. The summed E-state index contributed by atoms with van der Waals surface area (Å²) in [6.07, 6.45) is 6.05. The predicted octanol–water partition coefficient (Wildman–Crippen LogP) is 3.45. The van der Waals surface area contributed by atoms with E-state index in [1.54, 1.807) is 0 Å². The van der Waals surface area contributed by atoms with Crippen LogP contribution in [0.1, 0.15) is 20.8 Å². The standard InChI is InChI=1S/C24H32O6Si/c1-24(2,3)31(6,7)30-11-12-10-15-16-13-8-9-14(17(16)18(15)21(12)25)20(23(27)29-5)19(13)22(26)28-4/h8-10,13-18H,11H2,1-7H3/t13-,14+,15?,16-,17-,18?/m1/s1. The number of hydrogen-bond donors (Lipinski definition) is 0. The molecule has 2 unspecified atom stereocenters. The molecule has 0 aromatic carbocycles. The van der Waals surface area contributed by atoms with Crippen LogP contribution in [0.3, 0.4) is 0 Å². The Balaban J connectivity index is 1.61. The summed E-state index contributed by atoms with van der Waals surface area (Å²) >= 11 is 0. The van der Waals surface area contributed by atoms with Gasteiger partial charge in [-0.25, -0.2) is 9.59 Å². The highest BCUT2D eigenvalue weighted by Crippen LogP contribution is 2.65. The Morgan fingerprint density at radius 2 is 1.48 bits per heavy atom. The number of methoxy groups -OCH3 is 2. The minimum Gasteiger partial charge on any atom is -0.466 e. The normalized spacial score (nSPS) is 33.5. The highest BCUT2D eigenvalue weighted by Gasteiger charge is 2.66. The Morgan fingerprint density at radius 1 is 0.968 bits per heavy atom. The van der Waals surface area contributed by atoms with Gasteiger partial charge in [0.25, 0.3) is 0 Å². The zero-order valence-corrected chi connectivity index (χ0v) is 20.4. The van der Waals surface area contributed by atoms with Crippen LogP contribution in [0.25, 0.3) is 0 Å². The summed E-state index contributed by atoms with van der Waals surface area (Å²) in [4.78, 5) is 38.4. The van der Waals surface area contributed by atoms with Crippen molar-refractivity contribution in [2.45, 2.75) is 38.9 Å². The molecule has 0 aliphatic heterocycles. The van der Waals surface area contributed by atoms with E-state index in [0.717, 1.165) is 5.57 Å². The molecule has 0 aromatic rings. The molecule has 7 heteroatoms. The monoisotopic (exact) mass is 444 g/mol. The maximum atomic E-state index is 13.3. The third-order valence-corrected chi connectivity index (χ3v) is 12.7. The molecule has 1 saturated carbocycles. The van der Waals surface area contributed by atoms with Crippen LogP contribution in [0.4, 0.5) is 0 Å². The smallest absolute Gasteiger partial charge is 0.334 e. The highest BCUT2D eigenvalue weighted by molar-refractivity contribution is 6.74. The van der Waals surface area contributed by atoms with Crippen molar-refractivity contribution in [3.05, 3.63) is 34.9 Å². The van der Waals surface area contributed by atoms with E-state index in [4.69, 9.17) is 13.9 Å². The summed E-state index contributed by atoms with van der Waals surface area (Å²) in [6.45, 7) is 11.2. The summed E-state index contributed by atoms with van der Waals surface area (Å²) in [6, 6.07) is 0. The topological polar surface area (TPSA) is 78.9 Å². The van der Waals surface area contributed by atoms with E-state index in [-0.39, 0.29) is 46.3 Å². The minimum absolute atomic E-state index is 0.0108. The predicted molar refractivity (Wildman–Crippen MR) is 117 cm³/mol. The Morgan fingerprint density at radius 3 is 1.97 bits per heavy atom. The van der Waals surface area contributed by atoms with Crippen molar-refractivity contribution in [1.29, 1.82) is 0 Å². The lowest BCUT2D eigenvalue weighted by Crippen LogP contribution is -2.59. The first-order valence-electron chi connectivity index (χ1n) is 10.9. The SMILES string of the molecule is COC(=O)C1=C(C(=O)OC)[C@@H]2C=C[C@H]1[C@H]1C3C(=O)C(CO[Si](C)(C)C(C)(C)C)=CC3[C@H]12. The van der Waals surface area contributed by atoms with Gasteiger partial charge >= 0.3 is 11.9 Å². The number of ketones is 1. The number of hydrogen-bond acceptors (Lipinski definition) is 6. The van der Waals surface area contributed by atoms with Crippen LogP contribution in [-0.4, -0.2) is 46.9 Å². The van der Waals surface area contributed by atoms with Crippen molar-refractivity contribution >= 4 is 26.0 Å². The van der Waals surface area contributed by atoms with Gasteiger partial charge in [0.15, 0.2) is 14.1 Å². The first kappa shape index (κ1) is 22.2. The average Bonchev–Trinajstić information content (AvgIpc) is 2.97. The van der Waals surface area contributed by atoms with E-state index >= 15 is 0 Å². The van der Waals surface area contributed by atoms with Gasteiger partial charge in [0.05, 0.1) is 32.0 Å². The van der Waals surface area contributed by atoms with Crippen LogP contribution >= 0.6 is 0 Å². The van der Waals surface area contributed by atoms with Crippen molar-refractivity contribution in [3.63, 3.8) is 0 Å². The second kappa shape index (κ2) is 7.27. The molecule has 0 amide bonds. The van der Waals surface area contributed by atoms with Crippen molar-refractivity contribution in [2.75, 3.05) is 20.8 Å². The van der Waals surface area contributed by atoms with Crippen molar-refractivity contribution in [2.24, 2.45) is 35.5 Å². The van der Waals surface area contributed by atoms with Crippen LogP contribution in [-0.2, 0) is 28.3 Å². The maximum absolute atomic E-state index is 13.3. The van der Waals surface area contributed by atoms with E-state index in [2.05, 4.69) is 39.9 Å². The lowest BCUT2D eigenvalue weighted by molar-refractivity contribution is -0.146. The van der Waals surface area contributed by atoms with Crippen LogP contribution in [0.2, 0.25) is 18.1 Å². The molecular formula is C24H32O6Si. The molecule has 6 nitrogen and oxygen atoms in total. The van der Waals surface area contributed by atoms with Crippen molar-refractivity contribution in [3.8, 4) is 0 Å². The Labute approximate surface area is 184 Å². The number of esters is 2. The molecule has 5 rings (SSSR count). The van der Waals surface area contributed by atoms with Gasteiger partial charge < -0.3 is 13.9 Å². The number of rotatable bonds is 5. The summed E-state index contributed by atoms with van der Waals surface area (Å²) in [5, 5.41) is 0.0694. The fourth-order valence-electron chi connectivity index (χ4n) is 5.62. The van der Waals surface area contributed by atoms with Crippen molar-refractivity contribution in [1.82, 2.24) is 0 Å². The van der Waals surface area contributed by atoms with Gasteiger partial charge in [-0.1, -0.05) is 39.0 Å². The van der Waals surface area contributed by atoms with E-state index in [1.807, 2.05) is 12.2 Å². The first-order valence-corrected chi connectivity index (χ1v) is 13.8. The van der Waals surface area contributed by atoms with Crippen LogP contribution in [0, 0.1) is 35.5 Å². The average molecular weight is 445 g/mol. The van der Waals surface area contributed by atoms with E-state index in [9.17, 15) is 14.4 Å². The minimum atomic E-state index is -1.98. The molecule has 1 fully saturated rings. The van der Waals surface area contributed by atoms with Gasteiger partial charge in [-0.15, -0.1) is 0 Å². The summed E-state index contributed by atoms with van der Waals surface area (Å²) in [7, 11) is 0.665. The summed E-state index contributed by atoms with van der Waals surface area (Å²) in [5.41, 5.74) is 1.50. The summed E-state index contributed by atoms with van der Waals surface area (Å²) in [5.74, 6) is -1.34. The molecule has 0 aromatic heterocycles. The third kappa shape index (κ3) is 3.11. The van der Waals surface area contributed by atoms with E-state index < -0.39 is 20.3 Å². The molecule has 31 heavy (non-hydrogen) atoms. The lowest BCUT2D eigenvalue weighted by Gasteiger charge is -2.58. The Kier molecular flexibility index (Phi) is 5.21. The quantitative estimate of drug-likeness (QED) is 0.367. The molecule has 0 spiro atoms. The van der Waals surface area contributed by atoms with Crippen LogP contribution in [0.15, 0.2) is 34.9 Å². The molecule has 0 saturated heterocycles.